The van der Waals surface area contributed by atoms with Crippen LogP contribution in [0.5, 0.6) is 0 Å². The second kappa shape index (κ2) is 10.5. The summed E-state index contributed by atoms with van der Waals surface area (Å²) in [6.07, 6.45) is 1.47. The first kappa shape index (κ1) is 25.0. The molecule has 4 aromatic rings. The van der Waals surface area contributed by atoms with E-state index < -0.39 is 11.9 Å². The summed E-state index contributed by atoms with van der Waals surface area (Å²) in [5.41, 5.74) is 7.29. The van der Waals surface area contributed by atoms with Gasteiger partial charge in [-0.2, -0.15) is 0 Å². The maximum absolute atomic E-state index is 12.6. The van der Waals surface area contributed by atoms with E-state index in [0.717, 1.165) is 24.0 Å². The van der Waals surface area contributed by atoms with Gasteiger partial charge in [-0.05, 0) is 82.6 Å². The summed E-state index contributed by atoms with van der Waals surface area (Å²) < 4.78 is 2.55. The Hall–Kier alpha value is -3.30. The molecule has 6 nitrogen and oxygen atoms in total. The Balaban J connectivity index is 1.07. The van der Waals surface area contributed by atoms with Crippen LogP contribution in [0.3, 0.4) is 0 Å². The molecule has 38 heavy (non-hydrogen) atoms. The highest BCUT2D eigenvalue weighted by Crippen LogP contribution is 2.36. The fourth-order valence-electron chi connectivity index (χ4n) is 5.43. The van der Waals surface area contributed by atoms with E-state index >= 15 is 0 Å². The summed E-state index contributed by atoms with van der Waals surface area (Å²) in [5.74, 6) is -1.98. The zero-order chi connectivity index (χ0) is 26.2. The fraction of sp³-hybridized carbons (Fsp3) is 0.267. The van der Waals surface area contributed by atoms with Gasteiger partial charge in [0, 0.05) is 22.5 Å². The minimum Gasteiger partial charge on any atom is -0.359 e. The van der Waals surface area contributed by atoms with Crippen LogP contribution in [-0.4, -0.2) is 48.2 Å². The molecule has 0 atom stereocenters. The van der Waals surface area contributed by atoms with Crippen molar-refractivity contribution in [2.24, 2.45) is 0 Å². The van der Waals surface area contributed by atoms with Crippen LogP contribution in [0.15, 0.2) is 70.4 Å². The van der Waals surface area contributed by atoms with Gasteiger partial charge in [-0.1, -0.05) is 47.5 Å². The molecule has 194 valence electrons. The van der Waals surface area contributed by atoms with Gasteiger partial charge in [-0.25, -0.2) is 9.59 Å². The predicted octanol–water partition coefficient (Wildman–Crippen LogP) is 6.69. The SMILES string of the molecule is CC1=C(c2cccc3ccsc23)CCN(OC(=O)C(=O)ON2CCC(c3cccc4ccsc34)=C(C)C2)C1. The fourth-order valence-corrected chi connectivity index (χ4v) is 7.32. The van der Waals surface area contributed by atoms with E-state index in [1.54, 1.807) is 32.8 Å². The maximum atomic E-state index is 12.6. The molecule has 0 radical (unpaired) electrons. The summed E-state index contributed by atoms with van der Waals surface area (Å²) >= 11 is 3.48. The number of carbonyl (C=O) groups is 2. The highest BCUT2D eigenvalue weighted by atomic mass is 32.1. The van der Waals surface area contributed by atoms with Crippen molar-refractivity contribution in [2.45, 2.75) is 26.7 Å². The lowest BCUT2D eigenvalue weighted by Crippen LogP contribution is -2.40. The average Bonchev–Trinajstić information content (AvgIpc) is 3.59. The van der Waals surface area contributed by atoms with Gasteiger partial charge in [0.25, 0.3) is 0 Å². The summed E-state index contributed by atoms with van der Waals surface area (Å²) in [7, 11) is 0. The maximum Gasteiger partial charge on any atom is 0.438 e. The van der Waals surface area contributed by atoms with Crippen LogP contribution in [-0.2, 0) is 19.3 Å². The standard InChI is InChI=1S/C30H28N2O4S2/c1-19-17-31(13-9-23(19)25-7-3-5-21-11-15-37-27(21)25)35-29(33)30(34)36-32-14-10-24(20(2)18-32)26-8-4-6-22-12-16-38-28(22)26/h3-8,11-12,15-16H,9-10,13-14,17-18H2,1-2H3. The molecule has 0 saturated carbocycles. The smallest absolute Gasteiger partial charge is 0.359 e. The van der Waals surface area contributed by atoms with E-state index in [4.69, 9.17) is 9.68 Å². The van der Waals surface area contributed by atoms with E-state index in [9.17, 15) is 9.59 Å². The van der Waals surface area contributed by atoms with Gasteiger partial charge in [0.1, 0.15) is 0 Å². The van der Waals surface area contributed by atoms with Gasteiger partial charge < -0.3 is 9.68 Å². The van der Waals surface area contributed by atoms with Crippen molar-refractivity contribution < 1.29 is 19.3 Å². The average molecular weight is 545 g/mol. The number of hydroxylamine groups is 4. The third-order valence-corrected chi connectivity index (χ3v) is 9.21. The van der Waals surface area contributed by atoms with Crippen molar-refractivity contribution in [3.63, 3.8) is 0 Å². The molecule has 0 unspecified atom stereocenters. The van der Waals surface area contributed by atoms with Gasteiger partial charge >= 0.3 is 11.9 Å². The molecule has 4 heterocycles. The number of carbonyl (C=O) groups excluding carboxylic acids is 2. The Morgan fingerprint density at radius 2 is 1.13 bits per heavy atom. The van der Waals surface area contributed by atoms with Crippen molar-refractivity contribution in [2.75, 3.05) is 26.2 Å². The molecule has 0 amide bonds. The van der Waals surface area contributed by atoms with Crippen molar-refractivity contribution in [1.82, 2.24) is 10.1 Å². The Kier molecular flexibility index (Phi) is 6.88. The number of nitrogens with zero attached hydrogens (tertiary/aromatic N) is 2. The topological polar surface area (TPSA) is 59.1 Å². The molecular weight excluding hydrogens is 516 g/mol. The van der Waals surface area contributed by atoms with Crippen LogP contribution in [0.4, 0.5) is 0 Å². The number of benzene rings is 2. The van der Waals surface area contributed by atoms with Crippen molar-refractivity contribution in [3.8, 4) is 0 Å². The zero-order valence-corrected chi connectivity index (χ0v) is 23.0. The van der Waals surface area contributed by atoms with Gasteiger partial charge in [-0.15, -0.1) is 32.8 Å². The molecular formula is C30H28N2O4S2. The lowest BCUT2D eigenvalue weighted by atomic mass is 9.94. The summed E-state index contributed by atoms with van der Waals surface area (Å²) in [6, 6.07) is 17.0. The number of rotatable bonds is 4. The first-order valence-electron chi connectivity index (χ1n) is 12.7. The van der Waals surface area contributed by atoms with Crippen LogP contribution in [0, 0.1) is 0 Å². The Morgan fingerprint density at radius 3 is 1.55 bits per heavy atom. The molecule has 0 spiro atoms. The normalized spacial score (nSPS) is 17.4. The summed E-state index contributed by atoms with van der Waals surface area (Å²) in [4.78, 5) is 36.0. The van der Waals surface area contributed by atoms with Crippen LogP contribution in [0.25, 0.3) is 31.3 Å². The summed E-state index contributed by atoms with van der Waals surface area (Å²) in [6.45, 7) is 6.07. The van der Waals surface area contributed by atoms with E-state index in [-0.39, 0.29) is 0 Å². The first-order valence-corrected chi connectivity index (χ1v) is 14.5. The van der Waals surface area contributed by atoms with E-state index in [1.807, 2.05) is 0 Å². The minimum atomic E-state index is -0.989. The van der Waals surface area contributed by atoms with Crippen LogP contribution in [0.1, 0.15) is 37.8 Å². The molecule has 6 rings (SSSR count). The third kappa shape index (κ3) is 4.80. The minimum absolute atomic E-state index is 0.458. The van der Waals surface area contributed by atoms with Crippen LogP contribution in [0.2, 0.25) is 0 Å². The lowest BCUT2D eigenvalue weighted by molar-refractivity contribution is -0.216. The molecule has 2 aromatic carbocycles. The van der Waals surface area contributed by atoms with E-state index in [1.165, 1.54) is 42.4 Å². The molecule has 2 aliphatic heterocycles. The Bertz CT molecular complexity index is 1490. The zero-order valence-electron chi connectivity index (χ0n) is 21.4. The third-order valence-electron chi connectivity index (χ3n) is 7.28. The molecule has 2 aromatic heterocycles. The highest BCUT2D eigenvalue weighted by Gasteiger charge is 2.29. The molecule has 0 N–H and O–H groups in total. The van der Waals surface area contributed by atoms with Crippen LogP contribution >= 0.6 is 22.7 Å². The van der Waals surface area contributed by atoms with Gasteiger partial charge in [0.05, 0.1) is 13.1 Å². The molecule has 0 bridgehead atoms. The Morgan fingerprint density at radius 1 is 0.684 bits per heavy atom. The monoisotopic (exact) mass is 544 g/mol. The predicted molar refractivity (Wildman–Crippen MR) is 153 cm³/mol. The molecule has 0 aliphatic carbocycles. The quantitative estimate of drug-likeness (QED) is 0.267. The van der Waals surface area contributed by atoms with Gasteiger partial charge in [-0.3, -0.25) is 0 Å². The van der Waals surface area contributed by atoms with Crippen LogP contribution < -0.4 is 0 Å². The molecule has 8 heteroatoms. The van der Waals surface area contributed by atoms with E-state index in [2.05, 4.69) is 73.1 Å². The summed E-state index contributed by atoms with van der Waals surface area (Å²) in [5, 5.41) is 9.80. The first-order chi connectivity index (χ1) is 18.5. The highest BCUT2D eigenvalue weighted by molar-refractivity contribution is 7.17. The lowest BCUT2D eigenvalue weighted by Gasteiger charge is -2.30. The Labute approximate surface area is 229 Å². The number of fused-ring (bicyclic) bond motifs is 2. The second-order valence-corrected chi connectivity index (χ2v) is 11.6. The number of hydrogen-bond acceptors (Lipinski definition) is 8. The molecule has 0 fully saturated rings. The second-order valence-electron chi connectivity index (χ2n) is 9.79. The van der Waals surface area contributed by atoms with Gasteiger partial charge in [0.15, 0.2) is 0 Å². The molecule has 0 saturated heterocycles. The van der Waals surface area contributed by atoms with Crippen molar-refractivity contribution >= 4 is 65.9 Å². The number of thiophene rings is 2. The van der Waals surface area contributed by atoms with Gasteiger partial charge in [0.2, 0.25) is 0 Å². The molecule has 2 aliphatic rings. The van der Waals surface area contributed by atoms with E-state index in [0.29, 0.717) is 26.2 Å². The van der Waals surface area contributed by atoms with Crippen molar-refractivity contribution in [3.05, 3.63) is 81.6 Å². The largest absolute Gasteiger partial charge is 0.438 e. The van der Waals surface area contributed by atoms with Crippen molar-refractivity contribution in [1.29, 1.82) is 0 Å². The number of hydrogen-bond donors (Lipinski definition) is 0.